The molecule has 0 spiro atoms. The summed E-state index contributed by atoms with van der Waals surface area (Å²) < 4.78 is 0. The van der Waals surface area contributed by atoms with Crippen molar-refractivity contribution in [3.63, 3.8) is 0 Å². The maximum absolute atomic E-state index is 6.44. The van der Waals surface area contributed by atoms with Crippen molar-refractivity contribution in [2.45, 2.75) is 59.3 Å². The molecule has 0 radical (unpaired) electrons. The van der Waals surface area contributed by atoms with E-state index in [1.54, 1.807) is 0 Å². The Bertz CT molecular complexity index is 1310. The number of amidine groups is 1. The summed E-state index contributed by atoms with van der Waals surface area (Å²) in [6, 6.07) is 26.0. The van der Waals surface area contributed by atoms with Crippen LogP contribution >= 0.6 is 11.6 Å². The molecule has 0 saturated carbocycles. The highest BCUT2D eigenvalue weighted by molar-refractivity contribution is 6.30. The van der Waals surface area contributed by atoms with Gasteiger partial charge in [0.25, 0.3) is 0 Å². The van der Waals surface area contributed by atoms with Crippen LogP contribution in [0.25, 0.3) is 6.08 Å². The molecule has 0 N–H and O–H groups in total. The molecule has 4 heteroatoms. The predicted octanol–water partition coefficient (Wildman–Crippen LogP) is 7.57. The van der Waals surface area contributed by atoms with Crippen molar-refractivity contribution in [2.75, 3.05) is 6.54 Å². The van der Waals surface area contributed by atoms with Crippen LogP contribution in [0, 0.1) is 12.8 Å². The van der Waals surface area contributed by atoms with E-state index in [2.05, 4.69) is 117 Å². The van der Waals surface area contributed by atoms with Gasteiger partial charge in [-0.3, -0.25) is 4.99 Å². The molecule has 1 unspecified atom stereocenters. The van der Waals surface area contributed by atoms with Gasteiger partial charge in [-0.15, -0.1) is 0 Å². The summed E-state index contributed by atoms with van der Waals surface area (Å²) in [5.74, 6) is 1.49. The minimum absolute atomic E-state index is 0.146. The van der Waals surface area contributed by atoms with E-state index in [0.29, 0.717) is 5.92 Å². The van der Waals surface area contributed by atoms with Crippen molar-refractivity contribution in [3.05, 3.63) is 111 Å². The van der Waals surface area contributed by atoms with Crippen LogP contribution in [-0.4, -0.2) is 33.8 Å². The normalized spacial score (nSPS) is 17.6. The number of benzene rings is 3. The predicted molar refractivity (Wildman–Crippen MR) is 152 cm³/mol. The van der Waals surface area contributed by atoms with Crippen LogP contribution in [-0.2, 0) is 13.1 Å². The largest absolute Gasteiger partial charge is 0.364 e. The lowest BCUT2D eigenvalue weighted by molar-refractivity contribution is 0.202. The standard InChI is InChI=1S/C32H36ClN3/c1-22(2)30(36-21-32(4,5)34-31(36)25-13-9-10-23(3)16-25)29-18-27-17-28(33)15-14-26(27)20-35(29)19-24-11-7-6-8-12-24/h6-18,22,30H,19-21H2,1-5H3. The average molecular weight is 498 g/mol. The van der Waals surface area contributed by atoms with Crippen LogP contribution in [0.2, 0.25) is 5.02 Å². The molecule has 0 saturated heterocycles. The van der Waals surface area contributed by atoms with Gasteiger partial charge in [0.1, 0.15) is 5.84 Å². The Labute approximate surface area is 221 Å². The molecule has 0 aliphatic carbocycles. The minimum atomic E-state index is -0.146. The second kappa shape index (κ2) is 9.78. The minimum Gasteiger partial charge on any atom is -0.364 e. The van der Waals surface area contributed by atoms with Crippen LogP contribution in [0.5, 0.6) is 0 Å². The number of aliphatic imine (C=N–C) groups is 1. The number of hydrogen-bond donors (Lipinski definition) is 0. The first kappa shape index (κ1) is 24.6. The van der Waals surface area contributed by atoms with Crippen molar-refractivity contribution in [1.29, 1.82) is 0 Å². The zero-order valence-electron chi connectivity index (χ0n) is 22.0. The van der Waals surface area contributed by atoms with Crippen molar-refractivity contribution in [1.82, 2.24) is 9.80 Å². The van der Waals surface area contributed by atoms with Crippen LogP contribution in [0.3, 0.4) is 0 Å². The molecule has 2 heterocycles. The van der Waals surface area contributed by atoms with Gasteiger partial charge < -0.3 is 9.80 Å². The quantitative estimate of drug-likeness (QED) is 0.349. The second-order valence-corrected chi connectivity index (χ2v) is 11.6. The fourth-order valence-electron chi connectivity index (χ4n) is 5.60. The molecule has 2 aliphatic heterocycles. The van der Waals surface area contributed by atoms with Gasteiger partial charge in [-0.1, -0.05) is 85.6 Å². The SMILES string of the molecule is Cc1cccc(C2=NC(C)(C)CN2C(C2=Cc3cc(Cl)ccc3CN2Cc2ccccc2)C(C)C)c1. The Hall–Kier alpha value is -3.04. The highest BCUT2D eigenvalue weighted by Crippen LogP contribution is 2.37. The summed E-state index contributed by atoms with van der Waals surface area (Å²) in [5, 5.41) is 0.784. The van der Waals surface area contributed by atoms with E-state index >= 15 is 0 Å². The zero-order valence-corrected chi connectivity index (χ0v) is 22.8. The molecular formula is C32H36ClN3. The summed E-state index contributed by atoms with van der Waals surface area (Å²) >= 11 is 6.44. The Morgan fingerprint density at radius 1 is 0.972 bits per heavy atom. The summed E-state index contributed by atoms with van der Waals surface area (Å²) in [5.41, 5.74) is 7.50. The lowest BCUT2D eigenvalue weighted by Crippen LogP contribution is -2.48. The molecule has 3 nitrogen and oxygen atoms in total. The van der Waals surface area contributed by atoms with E-state index in [1.165, 1.54) is 33.5 Å². The first-order valence-electron chi connectivity index (χ1n) is 12.9. The van der Waals surface area contributed by atoms with Gasteiger partial charge in [-0.2, -0.15) is 0 Å². The topological polar surface area (TPSA) is 18.8 Å². The molecule has 186 valence electrons. The van der Waals surface area contributed by atoms with E-state index < -0.39 is 0 Å². The molecule has 5 rings (SSSR count). The monoisotopic (exact) mass is 497 g/mol. The van der Waals surface area contributed by atoms with E-state index in [-0.39, 0.29) is 11.6 Å². The van der Waals surface area contributed by atoms with Gasteiger partial charge in [0.15, 0.2) is 0 Å². The van der Waals surface area contributed by atoms with Crippen LogP contribution in [0.4, 0.5) is 0 Å². The molecule has 36 heavy (non-hydrogen) atoms. The Kier molecular flexibility index (Phi) is 6.70. The maximum Gasteiger partial charge on any atom is 0.132 e. The Morgan fingerprint density at radius 3 is 2.47 bits per heavy atom. The van der Waals surface area contributed by atoms with Crippen molar-refractivity contribution < 1.29 is 0 Å². The number of aryl methyl sites for hydroxylation is 1. The first-order valence-corrected chi connectivity index (χ1v) is 13.3. The average Bonchev–Trinajstić information content (AvgIpc) is 3.15. The van der Waals surface area contributed by atoms with E-state index in [0.717, 1.165) is 30.5 Å². The smallest absolute Gasteiger partial charge is 0.132 e. The van der Waals surface area contributed by atoms with E-state index in [9.17, 15) is 0 Å². The molecular weight excluding hydrogens is 462 g/mol. The Morgan fingerprint density at radius 2 is 1.75 bits per heavy atom. The maximum atomic E-state index is 6.44. The van der Waals surface area contributed by atoms with Crippen molar-refractivity contribution in [2.24, 2.45) is 10.9 Å². The summed E-state index contributed by atoms with van der Waals surface area (Å²) in [6.07, 6.45) is 2.37. The molecule has 3 aromatic rings. The molecule has 0 fully saturated rings. The third-order valence-corrected chi connectivity index (χ3v) is 7.37. The van der Waals surface area contributed by atoms with Gasteiger partial charge in [0.05, 0.1) is 11.6 Å². The van der Waals surface area contributed by atoms with Crippen LogP contribution in [0.15, 0.2) is 83.5 Å². The number of rotatable bonds is 6. The molecule has 0 aromatic heterocycles. The first-order chi connectivity index (χ1) is 17.2. The fourth-order valence-corrected chi connectivity index (χ4v) is 5.78. The number of fused-ring (bicyclic) bond motifs is 1. The van der Waals surface area contributed by atoms with Gasteiger partial charge in [-0.05, 0) is 67.7 Å². The van der Waals surface area contributed by atoms with Crippen LogP contribution < -0.4 is 0 Å². The van der Waals surface area contributed by atoms with Gasteiger partial charge in [0, 0.05) is 35.9 Å². The van der Waals surface area contributed by atoms with Crippen LogP contribution in [0.1, 0.15) is 55.5 Å². The fraction of sp³-hybridized carbons (Fsp3) is 0.344. The summed E-state index contributed by atoms with van der Waals surface area (Å²) in [6.45, 7) is 13.9. The Balaban J connectivity index is 1.61. The van der Waals surface area contributed by atoms with Gasteiger partial charge in [0.2, 0.25) is 0 Å². The molecule has 1 atom stereocenters. The van der Waals surface area contributed by atoms with Crippen molar-refractivity contribution in [3.8, 4) is 0 Å². The third kappa shape index (κ3) is 5.08. The number of nitrogens with zero attached hydrogens (tertiary/aromatic N) is 3. The van der Waals surface area contributed by atoms with Crippen molar-refractivity contribution >= 4 is 23.5 Å². The zero-order chi connectivity index (χ0) is 25.4. The molecule has 0 bridgehead atoms. The number of halogens is 1. The van der Waals surface area contributed by atoms with Gasteiger partial charge >= 0.3 is 0 Å². The summed E-state index contributed by atoms with van der Waals surface area (Å²) in [7, 11) is 0. The highest BCUT2D eigenvalue weighted by atomic mass is 35.5. The van der Waals surface area contributed by atoms with E-state index in [1.807, 2.05) is 6.07 Å². The molecule has 0 amide bonds. The third-order valence-electron chi connectivity index (χ3n) is 7.14. The summed E-state index contributed by atoms with van der Waals surface area (Å²) in [4.78, 5) is 10.4. The molecule has 3 aromatic carbocycles. The lowest BCUT2D eigenvalue weighted by atomic mass is 9.90. The number of hydrogen-bond acceptors (Lipinski definition) is 3. The molecule has 2 aliphatic rings. The van der Waals surface area contributed by atoms with Gasteiger partial charge in [-0.25, -0.2) is 0 Å². The highest BCUT2D eigenvalue weighted by Gasteiger charge is 2.40. The lowest BCUT2D eigenvalue weighted by Gasteiger charge is -2.43. The van der Waals surface area contributed by atoms with E-state index in [4.69, 9.17) is 16.6 Å². The second-order valence-electron chi connectivity index (χ2n) is 11.2.